The molecular weight excluding hydrogens is 360 g/mol. The van der Waals surface area contributed by atoms with Crippen molar-refractivity contribution < 1.29 is 22.7 Å². The van der Waals surface area contributed by atoms with E-state index in [0.29, 0.717) is 9.56 Å². The summed E-state index contributed by atoms with van der Waals surface area (Å²) in [6, 6.07) is -0.109. The first kappa shape index (κ1) is 17.9. The SMILES string of the molecule is COC(=O)c1cc(S(=O)(=O)NC(=O)n2nc(C)n(C)c2=O)c(C)s1. The quantitative estimate of drug-likeness (QED) is 0.748. The summed E-state index contributed by atoms with van der Waals surface area (Å²) in [7, 11) is -1.72. The van der Waals surface area contributed by atoms with Gasteiger partial charge in [0, 0.05) is 11.9 Å². The van der Waals surface area contributed by atoms with Gasteiger partial charge in [0.1, 0.15) is 15.6 Å². The Morgan fingerprint density at radius 2 is 1.96 bits per heavy atom. The van der Waals surface area contributed by atoms with Crippen LogP contribution in [-0.2, 0) is 21.8 Å². The number of carbonyl (C=O) groups is 2. The maximum absolute atomic E-state index is 12.3. The molecule has 0 aliphatic carbocycles. The van der Waals surface area contributed by atoms with Gasteiger partial charge in [-0.25, -0.2) is 27.5 Å². The second-order valence-electron chi connectivity index (χ2n) is 4.73. The van der Waals surface area contributed by atoms with Crippen LogP contribution in [0.1, 0.15) is 20.4 Å². The van der Waals surface area contributed by atoms with Crippen LogP contribution in [0, 0.1) is 13.8 Å². The number of ether oxygens (including phenoxy) is 1. The second kappa shape index (κ2) is 6.20. The van der Waals surface area contributed by atoms with E-state index < -0.39 is 27.7 Å². The first-order chi connectivity index (χ1) is 11.1. The second-order valence-corrected chi connectivity index (χ2v) is 7.64. The average molecular weight is 374 g/mol. The normalized spacial score (nSPS) is 11.3. The third-order valence-electron chi connectivity index (χ3n) is 3.16. The lowest BCUT2D eigenvalue weighted by molar-refractivity contribution is 0.0606. The van der Waals surface area contributed by atoms with E-state index in [4.69, 9.17) is 0 Å². The van der Waals surface area contributed by atoms with Gasteiger partial charge in [-0.05, 0) is 19.9 Å². The molecule has 0 saturated heterocycles. The molecule has 0 aromatic carbocycles. The molecule has 0 saturated carbocycles. The number of rotatable bonds is 3. The Kier molecular flexibility index (Phi) is 4.62. The number of thiophene rings is 1. The monoisotopic (exact) mass is 374 g/mol. The average Bonchev–Trinajstić information content (AvgIpc) is 3.02. The number of esters is 1. The summed E-state index contributed by atoms with van der Waals surface area (Å²) in [5, 5.41) is 3.68. The lowest BCUT2D eigenvalue weighted by Crippen LogP contribution is -2.40. The van der Waals surface area contributed by atoms with Crippen molar-refractivity contribution in [3.63, 3.8) is 0 Å². The number of sulfonamides is 1. The summed E-state index contributed by atoms with van der Waals surface area (Å²) in [5.41, 5.74) is -0.780. The number of methoxy groups -OCH3 is 1. The predicted octanol–water partition coefficient (Wildman–Crippen LogP) is -0.00666. The smallest absolute Gasteiger partial charge is 0.360 e. The van der Waals surface area contributed by atoms with Gasteiger partial charge in [0.2, 0.25) is 0 Å². The van der Waals surface area contributed by atoms with Crippen molar-refractivity contribution >= 4 is 33.4 Å². The first-order valence-corrected chi connectivity index (χ1v) is 8.77. The summed E-state index contributed by atoms with van der Waals surface area (Å²) >= 11 is 0.913. The number of aryl methyl sites for hydroxylation is 2. The zero-order valence-corrected chi connectivity index (χ0v) is 14.8. The molecule has 2 aromatic rings. The van der Waals surface area contributed by atoms with Gasteiger partial charge in [-0.15, -0.1) is 21.1 Å². The molecule has 0 bridgehead atoms. The Labute approximate surface area is 140 Å². The standard InChI is InChI=1S/C12H14N4O6S2/c1-6-9(5-8(23-6)10(17)22-4)24(20,21)14-11(18)16-12(19)15(3)7(2)13-16/h5H,1-4H3,(H,14,18). The molecule has 1 N–H and O–H groups in total. The van der Waals surface area contributed by atoms with Gasteiger partial charge < -0.3 is 4.74 Å². The van der Waals surface area contributed by atoms with Crippen molar-refractivity contribution in [2.75, 3.05) is 7.11 Å². The molecule has 0 aliphatic rings. The van der Waals surface area contributed by atoms with Crippen LogP contribution in [0.4, 0.5) is 4.79 Å². The van der Waals surface area contributed by atoms with Gasteiger partial charge in [0.25, 0.3) is 10.0 Å². The van der Waals surface area contributed by atoms with E-state index in [1.807, 2.05) is 0 Å². The number of amides is 1. The largest absolute Gasteiger partial charge is 0.465 e. The Bertz CT molecular complexity index is 982. The molecule has 2 aromatic heterocycles. The van der Waals surface area contributed by atoms with Gasteiger partial charge in [0.15, 0.2) is 0 Å². The molecule has 1 amide bonds. The predicted molar refractivity (Wildman–Crippen MR) is 83.7 cm³/mol. The minimum absolute atomic E-state index is 0.0775. The van der Waals surface area contributed by atoms with Gasteiger partial charge in [0.05, 0.1) is 7.11 Å². The summed E-state index contributed by atoms with van der Waals surface area (Å²) in [6.07, 6.45) is 0. The van der Waals surface area contributed by atoms with Crippen LogP contribution in [0.3, 0.4) is 0 Å². The molecule has 0 fully saturated rings. The third kappa shape index (κ3) is 3.10. The van der Waals surface area contributed by atoms with Crippen LogP contribution in [-0.4, -0.2) is 41.9 Å². The number of aromatic nitrogens is 3. The Morgan fingerprint density at radius 1 is 1.33 bits per heavy atom. The number of nitrogens with zero attached hydrogens (tertiary/aromatic N) is 3. The summed E-state index contributed by atoms with van der Waals surface area (Å²) in [5.74, 6) is -0.445. The number of carbonyl (C=O) groups excluding carboxylic acids is 2. The fourth-order valence-corrected chi connectivity index (χ4v) is 4.25. The molecule has 24 heavy (non-hydrogen) atoms. The van der Waals surface area contributed by atoms with E-state index in [1.54, 1.807) is 4.72 Å². The third-order valence-corrected chi connectivity index (χ3v) is 5.77. The summed E-state index contributed by atoms with van der Waals surface area (Å²) in [4.78, 5) is 35.4. The molecule has 0 aliphatic heterocycles. The van der Waals surface area contributed by atoms with E-state index in [2.05, 4.69) is 9.84 Å². The van der Waals surface area contributed by atoms with Crippen LogP contribution in [0.15, 0.2) is 15.8 Å². The molecule has 2 heterocycles. The minimum atomic E-state index is -4.29. The molecule has 0 unspecified atom stereocenters. The van der Waals surface area contributed by atoms with Gasteiger partial charge in [-0.2, -0.15) is 0 Å². The van der Waals surface area contributed by atoms with Gasteiger partial charge in [-0.3, -0.25) is 4.57 Å². The highest BCUT2D eigenvalue weighted by molar-refractivity contribution is 7.90. The lowest BCUT2D eigenvalue weighted by Gasteiger charge is -2.05. The van der Waals surface area contributed by atoms with E-state index in [1.165, 1.54) is 28.0 Å². The topological polar surface area (TPSA) is 129 Å². The van der Waals surface area contributed by atoms with Crippen molar-refractivity contribution in [2.24, 2.45) is 7.05 Å². The Morgan fingerprint density at radius 3 is 2.46 bits per heavy atom. The Hall–Kier alpha value is -2.47. The van der Waals surface area contributed by atoms with E-state index in [0.717, 1.165) is 22.0 Å². The van der Waals surface area contributed by atoms with Crippen molar-refractivity contribution in [1.82, 2.24) is 19.1 Å². The van der Waals surface area contributed by atoms with Crippen LogP contribution < -0.4 is 10.4 Å². The van der Waals surface area contributed by atoms with Crippen molar-refractivity contribution in [1.29, 1.82) is 0 Å². The maximum atomic E-state index is 12.3. The molecule has 0 radical (unpaired) electrons. The van der Waals surface area contributed by atoms with Gasteiger partial charge >= 0.3 is 17.7 Å². The highest BCUT2D eigenvalue weighted by Gasteiger charge is 2.26. The molecule has 0 spiro atoms. The fraction of sp³-hybridized carbons (Fsp3) is 0.333. The molecule has 10 nitrogen and oxygen atoms in total. The number of nitrogens with one attached hydrogen (secondary N) is 1. The lowest BCUT2D eigenvalue weighted by atomic mass is 10.4. The summed E-state index contributed by atoms with van der Waals surface area (Å²) in [6.45, 7) is 2.97. The molecule has 0 atom stereocenters. The number of hydrogen-bond acceptors (Lipinski definition) is 8. The molecular formula is C12H14N4O6S2. The van der Waals surface area contributed by atoms with Crippen LogP contribution in [0.25, 0.3) is 0 Å². The van der Waals surface area contributed by atoms with E-state index in [9.17, 15) is 22.8 Å². The van der Waals surface area contributed by atoms with E-state index >= 15 is 0 Å². The van der Waals surface area contributed by atoms with Crippen LogP contribution in [0.2, 0.25) is 0 Å². The van der Waals surface area contributed by atoms with Crippen molar-refractivity contribution in [3.8, 4) is 0 Å². The van der Waals surface area contributed by atoms with Crippen molar-refractivity contribution in [3.05, 3.63) is 32.1 Å². The Balaban J connectivity index is 2.36. The first-order valence-electron chi connectivity index (χ1n) is 6.47. The highest BCUT2D eigenvalue weighted by atomic mass is 32.2. The number of hydrogen-bond donors (Lipinski definition) is 1. The van der Waals surface area contributed by atoms with Gasteiger partial charge in [-0.1, -0.05) is 0 Å². The minimum Gasteiger partial charge on any atom is -0.465 e. The maximum Gasteiger partial charge on any atom is 0.360 e. The zero-order chi connectivity index (χ0) is 18.2. The highest BCUT2D eigenvalue weighted by Crippen LogP contribution is 2.26. The molecule has 12 heteroatoms. The molecule has 130 valence electrons. The van der Waals surface area contributed by atoms with E-state index in [-0.39, 0.29) is 15.6 Å². The van der Waals surface area contributed by atoms with Crippen LogP contribution in [0.5, 0.6) is 0 Å². The summed E-state index contributed by atoms with van der Waals surface area (Å²) < 4.78 is 32.5. The molecule has 2 rings (SSSR count). The zero-order valence-electron chi connectivity index (χ0n) is 13.2. The van der Waals surface area contributed by atoms with Crippen molar-refractivity contribution in [2.45, 2.75) is 18.7 Å². The van der Waals surface area contributed by atoms with Crippen LogP contribution >= 0.6 is 11.3 Å². The fourth-order valence-electron chi connectivity index (χ4n) is 1.81.